The van der Waals surface area contributed by atoms with Crippen LogP contribution in [0.25, 0.3) is 0 Å². The number of hydrogen-bond donors (Lipinski definition) is 3. The molecule has 21 heavy (non-hydrogen) atoms. The first-order valence-electron chi connectivity index (χ1n) is 7.25. The van der Waals surface area contributed by atoms with Crippen LogP contribution in [0.3, 0.4) is 0 Å². The van der Waals surface area contributed by atoms with Gasteiger partial charge in [-0.25, -0.2) is 18.0 Å². The second-order valence-electron chi connectivity index (χ2n) is 6.29. The number of carbonyl (C=O) groups excluding carboxylic acids is 1. The van der Waals surface area contributed by atoms with Gasteiger partial charge in [0.15, 0.2) is 9.84 Å². The molecule has 2 rings (SSSR count). The van der Waals surface area contributed by atoms with Crippen molar-refractivity contribution in [3.63, 3.8) is 0 Å². The van der Waals surface area contributed by atoms with E-state index < -0.39 is 33.4 Å². The van der Waals surface area contributed by atoms with Gasteiger partial charge in [-0.05, 0) is 25.2 Å². The second-order valence-corrected chi connectivity index (χ2v) is 8.52. The van der Waals surface area contributed by atoms with Gasteiger partial charge < -0.3 is 15.7 Å². The van der Waals surface area contributed by atoms with Gasteiger partial charge in [0.05, 0.1) is 11.5 Å². The largest absolute Gasteiger partial charge is 0.480 e. The van der Waals surface area contributed by atoms with E-state index in [9.17, 15) is 23.1 Å². The molecule has 3 atom stereocenters. The van der Waals surface area contributed by atoms with Crippen LogP contribution >= 0.6 is 0 Å². The van der Waals surface area contributed by atoms with Crippen molar-refractivity contribution in [2.45, 2.75) is 50.6 Å². The van der Waals surface area contributed by atoms with Gasteiger partial charge in [0.25, 0.3) is 0 Å². The summed E-state index contributed by atoms with van der Waals surface area (Å²) in [6.45, 7) is 1.97. The van der Waals surface area contributed by atoms with E-state index in [-0.39, 0.29) is 17.4 Å². The van der Waals surface area contributed by atoms with Gasteiger partial charge in [0.2, 0.25) is 0 Å². The lowest BCUT2D eigenvalue weighted by Gasteiger charge is -2.37. The molecule has 120 valence electrons. The molecule has 1 saturated carbocycles. The smallest absolute Gasteiger partial charge is 0.329 e. The van der Waals surface area contributed by atoms with Crippen LogP contribution in [0, 0.1) is 5.92 Å². The maximum absolute atomic E-state index is 12.0. The predicted molar refractivity (Wildman–Crippen MR) is 76.7 cm³/mol. The van der Waals surface area contributed by atoms with Crippen LogP contribution in [0.1, 0.15) is 39.0 Å². The minimum absolute atomic E-state index is 0.0685. The van der Waals surface area contributed by atoms with Crippen molar-refractivity contribution in [2.75, 3.05) is 11.5 Å². The summed E-state index contributed by atoms with van der Waals surface area (Å²) in [5.74, 6) is -0.791. The van der Waals surface area contributed by atoms with E-state index in [0.29, 0.717) is 19.3 Å². The van der Waals surface area contributed by atoms with Crippen LogP contribution in [0.15, 0.2) is 0 Å². The Labute approximate surface area is 124 Å². The van der Waals surface area contributed by atoms with Crippen molar-refractivity contribution < 1.29 is 23.1 Å². The zero-order valence-corrected chi connectivity index (χ0v) is 12.9. The Kier molecular flexibility index (Phi) is 4.46. The van der Waals surface area contributed by atoms with Crippen LogP contribution in [0.5, 0.6) is 0 Å². The monoisotopic (exact) mass is 318 g/mol. The van der Waals surface area contributed by atoms with Crippen LogP contribution < -0.4 is 10.6 Å². The Morgan fingerprint density at radius 3 is 2.52 bits per heavy atom. The summed E-state index contributed by atoms with van der Waals surface area (Å²) in [5.41, 5.74) is -1.24. The van der Waals surface area contributed by atoms with E-state index in [1.807, 2.05) is 6.92 Å². The van der Waals surface area contributed by atoms with E-state index in [1.165, 1.54) is 0 Å². The molecule has 3 unspecified atom stereocenters. The third-order valence-electron chi connectivity index (χ3n) is 4.33. The maximum Gasteiger partial charge on any atom is 0.329 e. The van der Waals surface area contributed by atoms with E-state index in [2.05, 4.69) is 10.6 Å². The highest BCUT2D eigenvalue weighted by Crippen LogP contribution is 2.32. The van der Waals surface area contributed by atoms with Crippen molar-refractivity contribution in [3.05, 3.63) is 0 Å². The molecule has 0 bridgehead atoms. The average molecular weight is 318 g/mol. The Morgan fingerprint density at radius 1 is 1.29 bits per heavy atom. The molecule has 0 aromatic carbocycles. The van der Waals surface area contributed by atoms with Crippen LogP contribution in [0.2, 0.25) is 0 Å². The normalized spacial score (nSPS) is 35.1. The fourth-order valence-corrected chi connectivity index (χ4v) is 4.93. The van der Waals surface area contributed by atoms with E-state index in [1.54, 1.807) is 0 Å². The van der Waals surface area contributed by atoms with Gasteiger partial charge >= 0.3 is 12.0 Å². The first-order chi connectivity index (χ1) is 9.72. The Bertz CT molecular complexity index is 533. The number of hydrogen-bond acceptors (Lipinski definition) is 4. The molecule has 2 amide bonds. The SMILES string of the molecule is CC1CCCC(NC(=O)NC2CCS(=O)(=O)C2)(C(=O)O)C1. The molecule has 3 N–H and O–H groups in total. The molecule has 1 heterocycles. The van der Waals surface area contributed by atoms with Crippen molar-refractivity contribution in [1.29, 1.82) is 0 Å². The van der Waals surface area contributed by atoms with Crippen LogP contribution in [-0.4, -0.2) is 48.6 Å². The molecule has 1 aliphatic carbocycles. The van der Waals surface area contributed by atoms with Gasteiger partial charge in [-0.15, -0.1) is 0 Å². The average Bonchev–Trinajstić information content (AvgIpc) is 2.68. The van der Waals surface area contributed by atoms with Gasteiger partial charge in [0.1, 0.15) is 5.54 Å². The Balaban J connectivity index is 1.98. The zero-order chi connectivity index (χ0) is 15.7. The van der Waals surface area contributed by atoms with Crippen molar-refractivity contribution in [1.82, 2.24) is 10.6 Å². The molecule has 1 saturated heterocycles. The number of urea groups is 1. The van der Waals surface area contributed by atoms with Crippen molar-refractivity contribution in [2.24, 2.45) is 5.92 Å². The van der Waals surface area contributed by atoms with E-state index >= 15 is 0 Å². The number of sulfone groups is 1. The fraction of sp³-hybridized carbons (Fsp3) is 0.846. The molecular weight excluding hydrogens is 296 g/mol. The van der Waals surface area contributed by atoms with Crippen molar-refractivity contribution >= 4 is 21.8 Å². The van der Waals surface area contributed by atoms with Gasteiger partial charge in [-0.2, -0.15) is 0 Å². The molecule has 2 fully saturated rings. The summed E-state index contributed by atoms with van der Waals surface area (Å²) in [6, 6.07) is -1.02. The highest BCUT2D eigenvalue weighted by molar-refractivity contribution is 7.91. The minimum Gasteiger partial charge on any atom is -0.480 e. The maximum atomic E-state index is 12.0. The highest BCUT2D eigenvalue weighted by Gasteiger charge is 2.43. The summed E-state index contributed by atoms with van der Waals surface area (Å²) >= 11 is 0. The van der Waals surface area contributed by atoms with Gasteiger partial charge in [0, 0.05) is 6.04 Å². The molecular formula is C13H22N2O5S. The molecule has 1 aliphatic heterocycles. The zero-order valence-electron chi connectivity index (χ0n) is 12.1. The molecule has 0 radical (unpaired) electrons. The highest BCUT2D eigenvalue weighted by atomic mass is 32.2. The molecule has 0 aromatic rings. The fourth-order valence-electron chi connectivity index (χ4n) is 3.26. The Morgan fingerprint density at radius 2 is 2.00 bits per heavy atom. The number of carboxylic acids is 1. The van der Waals surface area contributed by atoms with Crippen LogP contribution in [0.4, 0.5) is 4.79 Å². The molecule has 2 aliphatic rings. The molecule has 8 heteroatoms. The summed E-state index contributed by atoms with van der Waals surface area (Å²) in [6.07, 6.45) is 2.90. The predicted octanol–water partition coefficient (Wildman–Crippen LogP) is 0.506. The number of carbonyl (C=O) groups is 2. The number of rotatable bonds is 3. The second kappa shape index (κ2) is 5.82. The molecule has 7 nitrogen and oxygen atoms in total. The lowest BCUT2D eigenvalue weighted by Crippen LogP contribution is -2.60. The van der Waals surface area contributed by atoms with Crippen molar-refractivity contribution in [3.8, 4) is 0 Å². The lowest BCUT2D eigenvalue weighted by atomic mass is 9.76. The van der Waals surface area contributed by atoms with Gasteiger partial charge in [-0.1, -0.05) is 19.8 Å². The summed E-state index contributed by atoms with van der Waals surface area (Å²) in [7, 11) is -3.07. The standard InChI is InChI=1S/C13H22N2O5S/c1-9-3-2-5-13(7-9,11(16)17)15-12(18)14-10-4-6-21(19,20)8-10/h9-10H,2-8H2,1H3,(H,16,17)(H2,14,15,18). The quantitative estimate of drug-likeness (QED) is 0.701. The Hall–Kier alpha value is -1.31. The summed E-state index contributed by atoms with van der Waals surface area (Å²) in [5, 5.41) is 14.6. The van der Waals surface area contributed by atoms with Gasteiger partial charge in [-0.3, -0.25) is 0 Å². The number of aliphatic carboxylic acids is 1. The number of carboxylic acid groups (broad SMARTS) is 1. The third kappa shape index (κ3) is 3.87. The number of amides is 2. The lowest BCUT2D eigenvalue weighted by molar-refractivity contribution is -0.146. The van der Waals surface area contributed by atoms with E-state index in [4.69, 9.17) is 0 Å². The van der Waals surface area contributed by atoms with Crippen LogP contribution in [-0.2, 0) is 14.6 Å². The minimum atomic E-state index is -3.07. The topological polar surface area (TPSA) is 113 Å². The number of nitrogens with one attached hydrogen (secondary N) is 2. The summed E-state index contributed by atoms with van der Waals surface area (Å²) < 4.78 is 22.7. The third-order valence-corrected chi connectivity index (χ3v) is 6.10. The first-order valence-corrected chi connectivity index (χ1v) is 9.07. The summed E-state index contributed by atoms with van der Waals surface area (Å²) in [4.78, 5) is 23.6. The van der Waals surface area contributed by atoms with E-state index in [0.717, 1.165) is 12.8 Å². The molecule has 0 aromatic heterocycles. The molecule has 0 spiro atoms. The first kappa shape index (κ1) is 16.1.